The minimum atomic E-state index is -3.59. The number of primary sulfonamides is 1. The van der Waals surface area contributed by atoms with Gasteiger partial charge in [-0.25, -0.2) is 22.3 Å². The number of hydrogen-bond donors (Lipinski definition) is 3. The zero-order chi connectivity index (χ0) is 14.6. The fourth-order valence-corrected chi connectivity index (χ4v) is 1.84. The number of nitrogens with one attached hydrogen (secondary N) is 1. The second-order valence-electron chi connectivity index (χ2n) is 3.83. The molecule has 0 aliphatic heterocycles. The number of carbonyl (C=O) groups is 1. The molecule has 9 heteroatoms. The number of benzene rings is 1. The van der Waals surface area contributed by atoms with Crippen LogP contribution in [0.15, 0.2) is 12.1 Å². The summed E-state index contributed by atoms with van der Waals surface area (Å²) in [6.45, 7) is 0.0167. The highest BCUT2D eigenvalue weighted by Gasteiger charge is 2.13. The van der Waals surface area contributed by atoms with Crippen LogP contribution in [0.1, 0.15) is 16.8 Å². The van der Waals surface area contributed by atoms with Crippen molar-refractivity contribution in [2.24, 2.45) is 5.14 Å². The lowest BCUT2D eigenvalue weighted by atomic mass is 10.1. The average Bonchev–Trinajstić information content (AvgIpc) is 2.29. The Hall–Kier alpha value is -1.74. The van der Waals surface area contributed by atoms with E-state index >= 15 is 0 Å². The first-order valence-electron chi connectivity index (χ1n) is 5.24. The maximum absolute atomic E-state index is 13.1. The van der Waals surface area contributed by atoms with Gasteiger partial charge in [0.1, 0.15) is 17.3 Å². The van der Waals surface area contributed by atoms with Gasteiger partial charge in [0, 0.05) is 12.1 Å². The molecule has 19 heavy (non-hydrogen) atoms. The first-order chi connectivity index (χ1) is 8.70. The Labute approximate surface area is 108 Å². The lowest BCUT2D eigenvalue weighted by Crippen LogP contribution is -2.27. The van der Waals surface area contributed by atoms with E-state index in [4.69, 9.17) is 10.9 Å². The maximum Gasteiger partial charge on any atom is 0.251 e. The molecule has 0 bridgehead atoms. The van der Waals surface area contributed by atoms with Gasteiger partial charge >= 0.3 is 0 Å². The predicted octanol–water partition coefficient (Wildman–Crippen LogP) is -0.0446. The number of halogens is 2. The average molecular weight is 293 g/mol. The minimum absolute atomic E-state index is 0.0167. The number of carbonyl (C=O) groups excluding carboxylic acids is 1. The fraction of sp³-hybridized carbons (Fsp3) is 0.300. The van der Waals surface area contributed by atoms with Crippen molar-refractivity contribution in [2.75, 3.05) is 18.0 Å². The Morgan fingerprint density at radius 3 is 2.26 bits per heavy atom. The Morgan fingerprint density at radius 1 is 1.26 bits per heavy atom. The highest BCUT2D eigenvalue weighted by Crippen LogP contribution is 2.17. The molecule has 1 amide bonds. The summed E-state index contributed by atoms with van der Waals surface area (Å²) in [7, 11) is -3.59. The zero-order valence-corrected chi connectivity index (χ0v) is 10.6. The maximum atomic E-state index is 13.1. The van der Waals surface area contributed by atoms with Crippen LogP contribution >= 0.6 is 0 Å². The molecule has 0 spiro atoms. The van der Waals surface area contributed by atoms with E-state index in [1.165, 1.54) is 0 Å². The smallest absolute Gasteiger partial charge is 0.251 e. The summed E-state index contributed by atoms with van der Waals surface area (Å²) in [5.41, 5.74) is 4.16. The van der Waals surface area contributed by atoms with Crippen LogP contribution < -0.4 is 16.2 Å². The van der Waals surface area contributed by atoms with Crippen molar-refractivity contribution in [1.29, 1.82) is 0 Å². The summed E-state index contributed by atoms with van der Waals surface area (Å²) in [6, 6.07) is 1.60. The first kappa shape index (κ1) is 15.3. The molecule has 1 aromatic rings. The van der Waals surface area contributed by atoms with Gasteiger partial charge in [-0.3, -0.25) is 4.79 Å². The second-order valence-corrected chi connectivity index (χ2v) is 5.56. The van der Waals surface area contributed by atoms with Gasteiger partial charge in [-0.2, -0.15) is 0 Å². The fourth-order valence-electron chi connectivity index (χ4n) is 1.29. The molecule has 1 aromatic carbocycles. The Balaban J connectivity index is 2.60. The molecular weight excluding hydrogens is 280 g/mol. The minimum Gasteiger partial charge on any atom is -0.394 e. The molecule has 106 valence electrons. The number of hydrogen-bond acceptors (Lipinski definition) is 4. The van der Waals surface area contributed by atoms with Crippen LogP contribution in [-0.2, 0) is 10.0 Å². The molecule has 0 atom stereocenters. The summed E-state index contributed by atoms with van der Waals surface area (Å²) in [5, 5.41) is 7.08. The van der Waals surface area contributed by atoms with E-state index in [9.17, 15) is 22.0 Å². The largest absolute Gasteiger partial charge is 0.394 e. The summed E-state index contributed by atoms with van der Waals surface area (Å²) < 4.78 is 47.5. The molecule has 0 unspecified atom stereocenters. The van der Waals surface area contributed by atoms with Crippen molar-refractivity contribution in [1.82, 2.24) is 5.32 Å². The van der Waals surface area contributed by atoms with Crippen molar-refractivity contribution >= 4 is 21.6 Å². The topological polar surface area (TPSA) is 115 Å². The van der Waals surface area contributed by atoms with Crippen LogP contribution in [-0.4, -0.2) is 26.6 Å². The molecule has 1 rings (SSSR count). The third-order valence-electron chi connectivity index (χ3n) is 2.23. The van der Waals surface area contributed by atoms with Crippen LogP contribution in [0.4, 0.5) is 14.5 Å². The van der Waals surface area contributed by atoms with E-state index in [0.717, 1.165) is 12.1 Å². The Kier molecular flexibility index (Phi) is 4.78. The van der Waals surface area contributed by atoms with Gasteiger partial charge in [0.05, 0.1) is 5.75 Å². The van der Waals surface area contributed by atoms with E-state index in [0.29, 0.717) is 0 Å². The van der Waals surface area contributed by atoms with Gasteiger partial charge in [0.15, 0.2) is 0 Å². The van der Waals surface area contributed by atoms with Crippen molar-refractivity contribution in [3.8, 4) is 0 Å². The predicted molar refractivity (Wildman–Crippen MR) is 65.7 cm³/mol. The van der Waals surface area contributed by atoms with Crippen molar-refractivity contribution < 1.29 is 22.0 Å². The monoisotopic (exact) mass is 293 g/mol. The number of sulfonamides is 1. The highest BCUT2D eigenvalue weighted by molar-refractivity contribution is 7.89. The summed E-state index contributed by atoms with van der Waals surface area (Å²) in [5.74, 6) is -3.09. The van der Waals surface area contributed by atoms with Gasteiger partial charge in [-0.05, 0) is 18.6 Å². The molecule has 5 N–H and O–H groups in total. The molecule has 6 nitrogen and oxygen atoms in total. The van der Waals surface area contributed by atoms with E-state index < -0.39 is 33.3 Å². The van der Waals surface area contributed by atoms with Crippen LogP contribution in [0.2, 0.25) is 0 Å². The van der Waals surface area contributed by atoms with E-state index in [1.54, 1.807) is 0 Å². The van der Waals surface area contributed by atoms with Crippen LogP contribution in [0.25, 0.3) is 0 Å². The molecule has 0 saturated carbocycles. The molecule has 0 aliphatic rings. The van der Waals surface area contributed by atoms with Crippen LogP contribution in [0.3, 0.4) is 0 Å². The number of rotatable bonds is 5. The Morgan fingerprint density at radius 2 is 1.79 bits per heavy atom. The van der Waals surface area contributed by atoms with Crippen molar-refractivity contribution in [3.63, 3.8) is 0 Å². The molecule has 0 fully saturated rings. The van der Waals surface area contributed by atoms with Crippen molar-refractivity contribution in [2.45, 2.75) is 6.42 Å². The lowest BCUT2D eigenvalue weighted by Gasteiger charge is -2.06. The summed E-state index contributed by atoms with van der Waals surface area (Å²) >= 11 is 0. The SMILES string of the molecule is Nc1c(F)cc(C(=O)NCCCS(N)(=O)=O)cc1F. The number of nitrogen functional groups attached to an aromatic ring is 1. The first-order valence-corrected chi connectivity index (χ1v) is 6.95. The number of amides is 1. The van der Waals surface area contributed by atoms with Crippen LogP contribution in [0.5, 0.6) is 0 Å². The van der Waals surface area contributed by atoms with E-state index in [-0.39, 0.29) is 24.3 Å². The van der Waals surface area contributed by atoms with Gasteiger partial charge in [-0.15, -0.1) is 0 Å². The third-order valence-corrected chi connectivity index (χ3v) is 3.09. The van der Waals surface area contributed by atoms with Gasteiger partial charge in [0.25, 0.3) is 5.91 Å². The van der Waals surface area contributed by atoms with E-state index in [1.807, 2.05) is 0 Å². The quantitative estimate of drug-likeness (QED) is 0.521. The normalized spacial score (nSPS) is 11.3. The van der Waals surface area contributed by atoms with E-state index in [2.05, 4.69) is 5.32 Å². The summed E-state index contributed by atoms with van der Waals surface area (Å²) in [4.78, 5) is 11.5. The molecule has 0 heterocycles. The zero-order valence-electron chi connectivity index (χ0n) is 9.82. The highest BCUT2D eigenvalue weighted by atomic mass is 32.2. The van der Waals surface area contributed by atoms with Crippen LogP contribution in [0, 0.1) is 11.6 Å². The van der Waals surface area contributed by atoms with Crippen molar-refractivity contribution in [3.05, 3.63) is 29.3 Å². The molecule has 0 saturated heterocycles. The van der Waals surface area contributed by atoms with Gasteiger partial charge < -0.3 is 11.1 Å². The molecular formula is C10H13F2N3O3S. The van der Waals surface area contributed by atoms with Gasteiger partial charge in [0.2, 0.25) is 10.0 Å². The lowest BCUT2D eigenvalue weighted by molar-refractivity contribution is 0.0953. The number of anilines is 1. The second kappa shape index (κ2) is 5.93. The third kappa shape index (κ3) is 4.79. The molecule has 0 aromatic heterocycles. The summed E-state index contributed by atoms with van der Waals surface area (Å²) in [6.07, 6.45) is 0.102. The molecule has 0 radical (unpaired) electrons. The Bertz CT molecular complexity index is 567. The standard InChI is InChI=1S/C10H13F2N3O3S/c11-7-4-6(5-8(12)9(7)13)10(16)15-2-1-3-19(14,17)18/h4-5H,1-3,13H2,(H,15,16)(H2,14,17,18). The molecule has 0 aliphatic carbocycles. The number of nitrogens with two attached hydrogens (primary N) is 2. The van der Waals surface area contributed by atoms with Gasteiger partial charge in [-0.1, -0.05) is 0 Å².